The van der Waals surface area contributed by atoms with Crippen molar-refractivity contribution < 1.29 is 28.7 Å². The molecule has 9 nitrogen and oxygen atoms in total. The number of fused-ring (bicyclic) bond motifs is 1. The van der Waals surface area contributed by atoms with Gasteiger partial charge in [-0.3, -0.25) is 9.59 Å². The second kappa shape index (κ2) is 11.7. The molecule has 3 heterocycles. The Balaban J connectivity index is 1.39. The molecule has 0 aliphatic carbocycles. The van der Waals surface area contributed by atoms with Crippen LogP contribution >= 0.6 is 11.8 Å². The zero-order valence-electron chi connectivity index (χ0n) is 20.7. The highest BCUT2D eigenvalue weighted by atomic mass is 32.2. The molecule has 3 atom stereocenters. The Morgan fingerprint density at radius 2 is 1.63 bits per heavy atom. The normalized spacial score (nSPS) is 22.6. The van der Waals surface area contributed by atoms with E-state index in [-0.39, 0.29) is 12.5 Å². The van der Waals surface area contributed by atoms with Gasteiger partial charge in [0.05, 0.1) is 0 Å². The van der Waals surface area contributed by atoms with Crippen molar-refractivity contribution in [1.82, 2.24) is 15.1 Å². The summed E-state index contributed by atoms with van der Waals surface area (Å²) in [6.07, 6.45) is 2.28. The van der Waals surface area contributed by atoms with Crippen LogP contribution in [0.1, 0.15) is 36.5 Å². The summed E-state index contributed by atoms with van der Waals surface area (Å²) in [6, 6.07) is 16.9. The van der Waals surface area contributed by atoms with Crippen LogP contribution in [0.2, 0.25) is 0 Å². The van der Waals surface area contributed by atoms with Crippen LogP contribution < -0.4 is 5.32 Å². The molecule has 5 rings (SSSR count). The molecule has 2 aromatic carbocycles. The lowest BCUT2D eigenvalue weighted by Crippen LogP contribution is -2.73. The van der Waals surface area contributed by atoms with Crippen LogP contribution in [-0.4, -0.2) is 71.3 Å². The maximum absolute atomic E-state index is 13.8. The lowest BCUT2D eigenvalue weighted by atomic mass is 9.97. The molecule has 0 radical (unpaired) electrons. The van der Waals surface area contributed by atoms with Gasteiger partial charge in [-0.05, 0) is 35.8 Å². The van der Waals surface area contributed by atoms with Gasteiger partial charge in [0.1, 0.15) is 18.0 Å². The van der Waals surface area contributed by atoms with Crippen molar-refractivity contribution in [1.29, 1.82) is 0 Å². The Bertz CT molecular complexity index is 1160. The standard InChI is InChI=1S/C28H29N3O6S/c32-18-29-22-25(33)31-23(21(17-38-26(22)31)16-36-28(35)30-14-8-3-9-15-30)27(34)37-24(19-10-4-1-5-11-19)20-12-6-2-7-13-20/h1-2,4-7,10-13,17-18,22-24,26H,3,8-9,14-16H2,(H,29,32)/t22-,23?,26-/m1/s1. The summed E-state index contributed by atoms with van der Waals surface area (Å²) >= 11 is 1.30. The number of likely N-dealkylation sites (tertiary alicyclic amines) is 1. The monoisotopic (exact) mass is 535 g/mol. The molecule has 0 spiro atoms. The number of hydrogen-bond donors (Lipinski definition) is 1. The van der Waals surface area contributed by atoms with E-state index in [2.05, 4.69) is 5.32 Å². The molecule has 38 heavy (non-hydrogen) atoms. The maximum atomic E-state index is 13.8. The van der Waals surface area contributed by atoms with E-state index in [1.165, 1.54) is 16.7 Å². The first kappa shape index (κ1) is 25.8. The number of β-lactam (4-membered cyclic amide) rings is 1. The summed E-state index contributed by atoms with van der Waals surface area (Å²) in [5.41, 5.74) is 2.02. The number of piperidine rings is 1. The van der Waals surface area contributed by atoms with Gasteiger partial charge in [-0.1, -0.05) is 60.7 Å². The van der Waals surface area contributed by atoms with E-state index < -0.39 is 35.6 Å². The quantitative estimate of drug-likeness (QED) is 0.314. The van der Waals surface area contributed by atoms with E-state index in [1.807, 2.05) is 60.7 Å². The van der Waals surface area contributed by atoms with Gasteiger partial charge in [-0.15, -0.1) is 11.8 Å². The number of hydrogen-bond acceptors (Lipinski definition) is 7. The van der Waals surface area contributed by atoms with Crippen molar-refractivity contribution in [3.8, 4) is 0 Å². The van der Waals surface area contributed by atoms with Crippen LogP contribution in [0.15, 0.2) is 71.6 Å². The van der Waals surface area contributed by atoms with E-state index in [0.717, 1.165) is 30.4 Å². The topological polar surface area (TPSA) is 105 Å². The fraction of sp³-hybridized carbons (Fsp3) is 0.357. The van der Waals surface area contributed by atoms with Gasteiger partial charge in [0, 0.05) is 18.7 Å². The average Bonchev–Trinajstić information content (AvgIpc) is 2.98. The summed E-state index contributed by atoms with van der Waals surface area (Å²) in [4.78, 5) is 53.6. The third-order valence-corrected chi connectivity index (χ3v) is 8.17. The number of ether oxygens (including phenoxy) is 2. The van der Waals surface area contributed by atoms with Crippen molar-refractivity contribution >= 4 is 36.1 Å². The van der Waals surface area contributed by atoms with Gasteiger partial charge in [-0.25, -0.2) is 9.59 Å². The summed E-state index contributed by atoms with van der Waals surface area (Å²) in [7, 11) is 0. The van der Waals surface area contributed by atoms with Crippen LogP contribution in [0.3, 0.4) is 0 Å². The Morgan fingerprint density at radius 1 is 1.00 bits per heavy atom. The SMILES string of the molecule is O=CN[C@@H]1C(=O)N2C(C(=O)OC(c3ccccc3)c3ccccc3)C(COC(=O)N3CCCCC3)=CS[C@H]12. The highest BCUT2D eigenvalue weighted by molar-refractivity contribution is 8.02. The molecule has 2 fully saturated rings. The van der Waals surface area contributed by atoms with Crippen molar-refractivity contribution in [2.75, 3.05) is 19.7 Å². The van der Waals surface area contributed by atoms with E-state index >= 15 is 0 Å². The first-order chi connectivity index (χ1) is 18.6. The van der Waals surface area contributed by atoms with Gasteiger partial charge in [-0.2, -0.15) is 0 Å². The van der Waals surface area contributed by atoms with Gasteiger partial charge < -0.3 is 24.6 Å². The number of amides is 3. The minimum absolute atomic E-state index is 0.147. The van der Waals surface area contributed by atoms with Crippen LogP contribution in [0, 0.1) is 0 Å². The predicted octanol–water partition coefficient (Wildman–Crippen LogP) is 3.22. The minimum atomic E-state index is -1.08. The number of rotatable bonds is 8. The van der Waals surface area contributed by atoms with E-state index in [0.29, 0.717) is 25.1 Å². The fourth-order valence-corrected chi connectivity index (χ4v) is 6.21. The second-order valence-corrected chi connectivity index (χ2v) is 10.4. The number of nitrogens with zero attached hydrogens (tertiary/aromatic N) is 2. The molecule has 2 aromatic rings. The van der Waals surface area contributed by atoms with E-state index in [4.69, 9.17) is 9.47 Å². The highest BCUT2D eigenvalue weighted by Crippen LogP contribution is 2.41. The number of thioether (sulfide) groups is 1. The molecule has 3 amide bonds. The highest BCUT2D eigenvalue weighted by Gasteiger charge is 2.56. The zero-order valence-corrected chi connectivity index (χ0v) is 21.5. The smallest absolute Gasteiger partial charge is 0.410 e. The third-order valence-electron chi connectivity index (χ3n) is 6.95. The van der Waals surface area contributed by atoms with Crippen molar-refractivity contribution in [2.45, 2.75) is 42.8 Å². The van der Waals surface area contributed by atoms with Crippen LogP contribution in [-0.2, 0) is 23.9 Å². The van der Waals surface area contributed by atoms with E-state index in [1.54, 1.807) is 10.3 Å². The minimum Gasteiger partial charge on any atom is -0.451 e. The molecule has 0 aromatic heterocycles. The molecular formula is C28H29N3O6S. The lowest BCUT2D eigenvalue weighted by molar-refractivity contribution is -0.165. The summed E-state index contributed by atoms with van der Waals surface area (Å²) in [6.45, 7) is 1.13. The van der Waals surface area contributed by atoms with Crippen LogP contribution in [0.25, 0.3) is 0 Å². The number of esters is 1. The molecule has 0 bridgehead atoms. The average molecular weight is 536 g/mol. The van der Waals surface area contributed by atoms with Crippen molar-refractivity contribution in [3.05, 3.63) is 82.8 Å². The van der Waals surface area contributed by atoms with Crippen LogP contribution in [0.4, 0.5) is 4.79 Å². The second-order valence-electron chi connectivity index (χ2n) is 9.37. The lowest BCUT2D eigenvalue weighted by Gasteiger charge is -2.51. The summed E-state index contributed by atoms with van der Waals surface area (Å²) in [5, 5.41) is 3.80. The molecular weight excluding hydrogens is 506 g/mol. The molecule has 198 valence electrons. The Morgan fingerprint density at radius 3 is 2.24 bits per heavy atom. The fourth-order valence-electron chi connectivity index (χ4n) is 4.99. The number of carbonyl (C=O) groups is 4. The van der Waals surface area contributed by atoms with Gasteiger partial charge in [0.25, 0.3) is 0 Å². The first-order valence-electron chi connectivity index (χ1n) is 12.7. The van der Waals surface area contributed by atoms with Crippen LogP contribution in [0.5, 0.6) is 0 Å². The summed E-state index contributed by atoms with van der Waals surface area (Å²) < 4.78 is 11.7. The predicted molar refractivity (Wildman–Crippen MR) is 141 cm³/mol. The van der Waals surface area contributed by atoms with E-state index in [9.17, 15) is 19.2 Å². The molecule has 3 aliphatic heterocycles. The Kier molecular flexibility index (Phi) is 7.97. The van der Waals surface area contributed by atoms with Gasteiger partial charge in [0.15, 0.2) is 12.1 Å². The molecule has 10 heteroatoms. The third kappa shape index (κ3) is 5.26. The van der Waals surface area contributed by atoms with Crippen molar-refractivity contribution in [2.24, 2.45) is 0 Å². The van der Waals surface area contributed by atoms with Crippen molar-refractivity contribution in [3.63, 3.8) is 0 Å². The zero-order chi connectivity index (χ0) is 26.5. The van der Waals surface area contributed by atoms with Gasteiger partial charge in [0.2, 0.25) is 12.3 Å². The number of carbonyl (C=O) groups excluding carboxylic acids is 4. The maximum Gasteiger partial charge on any atom is 0.410 e. The Hall–Kier alpha value is -3.79. The Labute approximate surface area is 225 Å². The molecule has 1 N–H and O–H groups in total. The number of nitrogens with one attached hydrogen (secondary N) is 1. The molecule has 3 aliphatic rings. The molecule has 2 saturated heterocycles. The first-order valence-corrected chi connectivity index (χ1v) is 13.6. The van der Waals surface area contributed by atoms with Gasteiger partial charge >= 0.3 is 12.1 Å². The largest absolute Gasteiger partial charge is 0.451 e. The molecule has 1 unspecified atom stereocenters. The molecule has 0 saturated carbocycles. The number of benzene rings is 2. The summed E-state index contributed by atoms with van der Waals surface area (Å²) in [5.74, 6) is -1.02.